The molecular formula is C17H13ClO4. The van der Waals surface area contributed by atoms with Gasteiger partial charge in [0.1, 0.15) is 29.3 Å². The lowest BCUT2D eigenvalue weighted by atomic mass is 10.1. The monoisotopic (exact) mass is 316 g/mol. The van der Waals surface area contributed by atoms with Crippen molar-refractivity contribution in [2.45, 2.75) is 13.5 Å². The van der Waals surface area contributed by atoms with E-state index in [0.717, 1.165) is 5.56 Å². The second-order valence-electron chi connectivity index (χ2n) is 4.91. The summed E-state index contributed by atoms with van der Waals surface area (Å²) >= 11 is 5.93. The van der Waals surface area contributed by atoms with Crippen LogP contribution >= 0.6 is 11.6 Å². The summed E-state index contributed by atoms with van der Waals surface area (Å²) in [6.07, 6.45) is 0. The number of ether oxygens (including phenoxy) is 1. The molecule has 5 heteroatoms. The Hall–Kier alpha value is -2.46. The van der Waals surface area contributed by atoms with E-state index in [1.807, 2.05) is 18.2 Å². The Morgan fingerprint density at radius 1 is 1.27 bits per heavy atom. The molecule has 112 valence electrons. The molecule has 0 amide bonds. The number of carbonyl (C=O) groups is 1. The van der Waals surface area contributed by atoms with Gasteiger partial charge in [-0.3, -0.25) is 0 Å². The minimum Gasteiger partial charge on any atom is -0.489 e. The molecule has 0 spiro atoms. The average Bonchev–Trinajstić information content (AvgIpc) is 2.80. The first-order valence-electron chi connectivity index (χ1n) is 6.68. The van der Waals surface area contributed by atoms with E-state index >= 15 is 0 Å². The maximum atomic E-state index is 11.3. The van der Waals surface area contributed by atoms with E-state index in [-0.39, 0.29) is 5.56 Å². The van der Waals surface area contributed by atoms with Crippen LogP contribution in [-0.4, -0.2) is 11.1 Å². The summed E-state index contributed by atoms with van der Waals surface area (Å²) in [6.45, 7) is 1.99. The number of aromatic carboxylic acids is 1. The zero-order valence-electron chi connectivity index (χ0n) is 11.8. The number of carboxylic acid groups (broad SMARTS) is 1. The van der Waals surface area contributed by atoms with Crippen LogP contribution in [0.2, 0.25) is 5.02 Å². The molecule has 0 radical (unpaired) electrons. The zero-order valence-corrected chi connectivity index (χ0v) is 12.6. The standard InChI is InChI=1S/C17H13ClO4/c1-10-16(17(19)20)14-8-13(5-6-15(14)22-10)21-9-11-3-2-4-12(18)7-11/h2-8H,9H2,1H3,(H,19,20). The number of rotatable bonds is 4. The third-order valence-corrected chi connectivity index (χ3v) is 3.58. The van der Waals surface area contributed by atoms with Crippen molar-refractivity contribution in [2.75, 3.05) is 0 Å². The van der Waals surface area contributed by atoms with Crippen molar-refractivity contribution in [3.8, 4) is 5.75 Å². The van der Waals surface area contributed by atoms with Crippen molar-refractivity contribution in [1.82, 2.24) is 0 Å². The maximum absolute atomic E-state index is 11.3. The molecule has 22 heavy (non-hydrogen) atoms. The molecule has 1 heterocycles. The van der Waals surface area contributed by atoms with Gasteiger partial charge in [0, 0.05) is 10.4 Å². The molecule has 0 unspecified atom stereocenters. The topological polar surface area (TPSA) is 59.7 Å². The molecule has 0 saturated heterocycles. The number of fused-ring (bicyclic) bond motifs is 1. The first kappa shape index (κ1) is 14.5. The molecule has 0 fully saturated rings. The fraction of sp³-hybridized carbons (Fsp3) is 0.118. The highest BCUT2D eigenvalue weighted by molar-refractivity contribution is 6.30. The summed E-state index contributed by atoms with van der Waals surface area (Å²) in [4.78, 5) is 11.3. The lowest BCUT2D eigenvalue weighted by molar-refractivity contribution is 0.0697. The number of hydrogen-bond acceptors (Lipinski definition) is 3. The summed E-state index contributed by atoms with van der Waals surface area (Å²) < 4.78 is 11.1. The van der Waals surface area contributed by atoms with E-state index < -0.39 is 5.97 Å². The molecule has 1 N–H and O–H groups in total. The summed E-state index contributed by atoms with van der Waals surface area (Å²) in [6, 6.07) is 12.5. The molecule has 0 aliphatic rings. The van der Waals surface area contributed by atoms with Crippen LogP contribution in [0.25, 0.3) is 11.0 Å². The minimum atomic E-state index is -1.01. The van der Waals surface area contributed by atoms with Gasteiger partial charge in [-0.05, 0) is 42.8 Å². The summed E-state index contributed by atoms with van der Waals surface area (Å²) in [5.74, 6) is -0.0477. The van der Waals surface area contributed by atoms with E-state index in [9.17, 15) is 9.90 Å². The Balaban J connectivity index is 1.88. The lowest BCUT2D eigenvalue weighted by Gasteiger charge is -2.06. The number of benzene rings is 2. The first-order valence-corrected chi connectivity index (χ1v) is 7.06. The largest absolute Gasteiger partial charge is 0.489 e. The minimum absolute atomic E-state index is 0.170. The predicted octanol–water partition coefficient (Wildman–Crippen LogP) is 4.67. The van der Waals surface area contributed by atoms with Gasteiger partial charge < -0.3 is 14.3 Å². The fourth-order valence-corrected chi connectivity index (χ4v) is 2.56. The highest BCUT2D eigenvalue weighted by Gasteiger charge is 2.17. The van der Waals surface area contributed by atoms with Crippen LogP contribution in [0.15, 0.2) is 46.9 Å². The lowest BCUT2D eigenvalue weighted by Crippen LogP contribution is -1.98. The first-order chi connectivity index (χ1) is 10.5. The van der Waals surface area contributed by atoms with E-state index in [0.29, 0.717) is 34.1 Å². The molecule has 0 aliphatic heterocycles. The summed E-state index contributed by atoms with van der Waals surface area (Å²) in [7, 11) is 0. The SMILES string of the molecule is Cc1oc2ccc(OCc3cccc(Cl)c3)cc2c1C(=O)O. The Labute approximate surface area is 131 Å². The molecule has 4 nitrogen and oxygen atoms in total. The summed E-state index contributed by atoms with van der Waals surface area (Å²) in [5.41, 5.74) is 1.64. The van der Waals surface area contributed by atoms with Gasteiger partial charge in [-0.15, -0.1) is 0 Å². The molecule has 0 atom stereocenters. The van der Waals surface area contributed by atoms with Gasteiger partial charge in [-0.25, -0.2) is 4.79 Å². The van der Waals surface area contributed by atoms with E-state index in [4.69, 9.17) is 20.8 Å². The van der Waals surface area contributed by atoms with Crippen LogP contribution in [0.5, 0.6) is 5.75 Å². The van der Waals surface area contributed by atoms with Crippen molar-refractivity contribution >= 4 is 28.5 Å². The Bertz CT molecular complexity index is 851. The Kier molecular flexibility index (Phi) is 3.77. The molecule has 0 bridgehead atoms. The highest BCUT2D eigenvalue weighted by Crippen LogP contribution is 2.29. The van der Waals surface area contributed by atoms with E-state index in [2.05, 4.69) is 0 Å². The van der Waals surface area contributed by atoms with Gasteiger partial charge in [0.2, 0.25) is 0 Å². The van der Waals surface area contributed by atoms with Crippen LogP contribution in [-0.2, 0) is 6.61 Å². The zero-order chi connectivity index (χ0) is 15.7. The van der Waals surface area contributed by atoms with Gasteiger partial charge >= 0.3 is 5.97 Å². The number of carboxylic acids is 1. The fourth-order valence-electron chi connectivity index (χ4n) is 2.35. The van der Waals surface area contributed by atoms with Crippen LogP contribution < -0.4 is 4.74 Å². The number of halogens is 1. The van der Waals surface area contributed by atoms with Crippen molar-refractivity contribution in [3.63, 3.8) is 0 Å². The highest BCUT2D eigenvalue weighted by atomic mass is 35.5. The second kappa shape index (κ2) is 5.73. The van der Waals surface area contributed by atoms with Crippen LogP contribution in [0.1, 0.15) is 21.7 Å². The van der Waals surface area contributed by atoms with Gasteiger partial charge in [-0.2, -0.15) is 0 Å². The van der Waals surface area contributed by atoms with Crippen molar-refractivity contribution in [3.05, 3.63) is 64.4 Å². The molecule has 0 saturated carbocycles. The predicted molar refractivity (Wildman–Crippen MR) is 83.7 cm³/mol. The van der Waals surface area contributed by atoms with E-state index in [1.165, 1.54) is 0 Å². The quantitative estimate of drug-likeness (QED) is 0.759. The number of hydrogen-bond donors (Lipinski definition) is 1. The molecule has 0 aliphatic carbocycles. The van der Waals surface area contributed by atoms with Gasteiger partial charge in [-0.1, -0.05) is 23.7 Å². The second-order valence-corrected chi connectivity index (χ2v) is 5.35. The average molecular weight is 317 g/mol. The molecular weight excluding hydrogens is 304 g/mol. The third kappa shape index (κ3) is 2.78. The van der Waals surface area contributed by atoms with Crippen molar-refractivity contribution in [1.29, 1.82) is 0 Å². The van der Waals surface area contributed by atoms with Crippen molar-refractivity contribution in [2.24, 2.45) is 0 Å². The smallest absolute Gasteiger partial charge is 0.339 e. The van der Waals surface area contributed by atoms with Crippen LogP contribution in [0.4, 0.5) is 0 Å². The number of furan rings is 1. The van der Waals surface area contributed by atoms with Gasteiger partial charge in [0.05, 0.1) is 0 Å². The molecule has 3 aromatic rings. The molecule has 1 aromatic heterocycles. The number of aryl methyl sites for hydroxylation is 1. The third-order valence-electron chi connectivity index (χ3n) is 3.34. The Morgan fingerprint density at radius 2 is 2.09 bits per heavy atom. The Morgan fingerprint density at radius 3 is 2.82 bits per heavy atom. The van der Waals surface area contributed by atoms with Crippen LogP contribution in [0, 0.1) is 6.92 Å². The van der Waals surface area contributed by atoms with E-state index in [1.54, 1.807) is 31.2 Å². The normalized spacial score (nSPS) is 10.8. The van der Waals surface area contributed by atoms with Gasteiger partial charge in [0.15, 0.2) is 0 Å². The van der Waals surface area contributed by atoms with Gasteiger partial charge in [0.25, 0.3) is 0 Å². The van der Waals surface area contributed by atoms with Crippen molar-refractivity contribution < 1.29 is 19.1 Å². The van der Waals surface area contributed by atoms with Crippen LogP contribution in [0.3, 0.4) is 0 Å². The maximum Gasteiger partial charge on any atom is 0.339 e. The summed E-state index contributed by atoms with van der Waals surface area (Å²) in [5, 5.41) is 10.5. The molecule has 2 aromatic carbocycles. The molecule has 3 rings (SSSR count).